The summed E-state index contributed by atoms with van der Waals surface area (Å²) in [6.45, 7) is 2.21. The van der Waals surface area contributed by atoms with E-state index in [1.165, 1.54) is 83.5 Å². The molecule has 1 unspecified atom stereocenters. The van der Waals surface area contributed by atoms with E-state index in [9.17, 15) is 13.0 Å². The summed E-state index contributed by atoms with van der Waals surface area (Å²) in [7, 11) is -4.22. The molecular formula is C22H45NaO4S. The van der Waals surface area contributed by atoms with Crippen molar-refractivity contribution in [1.82, 2.24) is 0 Å². The van der Waals surface area contributed by atoms with Crippen LogP contribution in [0.2, 0.25) is 0 Å². The Labute approximate surface area is 197 Å². The molecule has 0 aromatic heterocycles. The summed E-state index contributed by atoms with van der Waals surface area (Å²) in [6, 6.07) is 0. The van der Waals surface area contributed by atoms with Crippen LogP contribution in [0.3, 0.4) is 0 Å². The fraction of sp³-hybridized carbons (Fsp3) is 1.00. The Bertz CT molecular complexity index is 401. The van der Waals surface area contributed by atoms with Crippen molar-refractivity contribution in [3.63, 3.8) is 0 Å². The maximum Gasteiger partial charge on any atom is 1.00 e. The largest absolute Gasteiger partial charge is 1.00 e. The van der Waals surface area contributed by atoms with Gasteiger partial charge in [-0.3, -0.25) is 0 Å². The third-order valence-corrected chi connectivity index (χ3v) is 6.76. The molecule has 0 spiro atoms. The van der Waals surface area contributed by atoms with Crippen LogP contribution in [0.25, 0.3) is 0 Å². The summed E-state index contributed by atoms with van der Waals surface area (Å²) in [5.41, 5.74) is 0. The third kappa shape index (κ3) is 21.6. The molecule has 0 aromatic rings. The van der Waals surface area contributed by atoms with Crippen LogP contribution in [0, 0.1) is 0 Å². The molecule has 164 valence electrons. The molecule has 4 nitrogen and oxygen atoms in total. The molecule has 0 bridgehead atoms. The summed E-state index contributed by atoms with van der Waals surface area (Å²) < 4.78 is 33.6. The van der Waals surface area contributed by atoms with Gasteiger partial charge in [0.15, 0.2) is 0 Å². The molecule has 0 fully saturated rings. The van der Waals surface area contributed by atoms with Gasteiger partial charge in [-0.15, -0.1) is 0 Å². The predicted molar refractivity (Wildman–Crippen MR) is 114 cm³/mol. The molecule has 0 radical (unpaired) electrons. The summed E-state index contributed by atoms with van der Waals surface area (Å²) in [4.78, 5) is 0. The Morgan fingerprint density at radius 1 is 0.643 bits per heavy atom. The first kappa shape index (κ1) is 31.1. The standard InChI is InChI=1S/C22H46O4S.Na/c1-2-3-4-5-6-7-8-9-10-11-12-13-14-15-16-17-19-22(20-18-21-23)27(24,25)26;/h22-23H,2-21H2,1H3,(H,24,25,26);/q;+1/p-1. The van der Waals surface area contributed by atoms with E-state index in [1.807, 2.05) is 0 Å². The molecule has 0 aromatic carbocycles. The van der Waals surface area contributed by atoms with E-state index < -0.39 is 15.4 Å². The van der Waals surface area contributed by atoms with E-state index in [0.29, 0.717) is 19.3 Å². The average Bonchev–Trinajstić information content (AvgIpc) is 2.62. The maximum atomic E-state index is 11.2. The van der Waals surface area contributed by atoms with Crippen LogP contribution in [0.15, 0.2) is 0 Å². The van der Waals surface area contributed by atoms with Crippen LogP contribution in [0.4, 0.5) is 0 Å². The zero-order valence-corrected chi connectivity index (χ0v) is 21.6. The van der Waals surface area contributed by atoms with Gasteiger partial charge in [0, 0.05) is 11.9 Å². The monoisotopic (exact) mass is 428 g/mol. The van der Waals surface area contributed by atoms with Crippen LogP contribution in [0.1, 0.15) is 129 Å². The fourth-order valence-corrected chi connectivity index (χ4v) is 4.58. The Morgan fingerprint density at radius 2 is 0.964 bits per heavy atom. The van der Waals surface area contributed by atoms with Crippen molar-refractivity contribution < 1.29 is 47.6 Å². The number of rotatable bonds is 21. The third-order valence-electron chi connectivity index (χ3n) is 5.47. The second-order valence-electron chi connectivity index (χ2n) is 8.07. The van der Waals surface area contributed by atoms with Crippen LogP contribution in [-0.2, 0) is 10.1 Å². The van der Waals surface area contributed by atoms with E-state index in [1.54, 1.807) is 0 Å². The van der Waals surface area contributed by atoms with Crippen molar-refractivity contribution in [3.8, 4) is 0 Å². The Balaban J connectivity index is 0. The minimum Gasteiger partial charge on any atom is -0.748 e. The quantitative estimate of drug-likeness (QED) is 0.173. The molecule has 0 saturated carbocycles. The van der Waals surface area contributed by atoms with Gasteiger partial charge in [0.2, 0.25) is 0 Å². The van der Waals surface area contributed by atoms with Crippen LogP contribution in [-0.4, -0.2) is 29.9 Å². The summed E-state index contributed by atoms with van der Waals surface area (Å²) >= 11 is 0. The number of aliphatic hydroxyl groups is 1. The van der Waals surface area contributed by atoms with Gasteiger partial charge in [-0.2, -0.15) is 0 Å². The van der Waals surface area contributed by atoms with Gasteiger partial charge in [0.25, 0.3) is 0 Å². The number of aliphatic hydroxyl groups excluding tert-OH is 1. The van der Waals surface area contributed by atoms with Crippen LogP contribution < -0.4 is 29.6 Å². The molecule has 0 aliphatic heterocycles. The van der Waals surface area contributed by atoms with Gasteiger partial charge < -0.3 is 9.66 Å². The van der Waals surface area contributed by atoms with Gasteiger partial charge in [0.1, 0.15) is 0 Å². The Morgan fingerprint density at radius 3 is 1.29 bits per heavy atom. The minimum atomic E-state index is -4.22. The molecular weight excluding hydrogens is 383 g/mol. The molecule has 6 heteroatoms. The molecule has 0 aliphatic rings. The van der Waals surface area contributed by atoms with E-state index in [2.05, 4.69) is 6.92 Å². The second kappa shape index (κ2) is 22.6. The van der Waals surface area contributed by atoms with Crippen molar-refractivity contribution in [1.29, 1.82) is 0 Å². The molecule has 0 rings (SSSR count). The zero-order valence-electron chi connectivity index (χ0n) is 18.8. The second-order valence-corrected chi connectivity index (χ2v) is 9.72. The van der Waals surface area contributed by atoms with Crippen molar-refractivity contribution in [2.24, 2.45) is 0 Å². The normalized spacial score (nSPS) is 12.7. The molecule has 0 heterocycles. The first-order valence-corrected chi connectivity index (χ1v) is 13.0. The van der Waals surface area contributed by atoms with E-state index >= 15 is 0 Å². The number of hydrogen-bond acceptors (Lipinski definition) is 4. The van der Waals surface area contributed by atoms with Gasteiger partial charge in [-0.1, -0.05) is 110 Å². The van der Waals surface area contributed by atoms with Crippen molar-refractivity contribution in [3.05, 3.63) is 0 Å². The van der Waals surface area contributed by atoms with Crippen molar-refractivity contribution in [2.75, 3.05) is 6.61 Å². The van der Waals surface area contributed by atoms with Gasteiger partial charge >= 0.3 is 29.6 Å². The smallest absolute Gasteiger partial charge is 0.748 e. The zero-order chi connectivity index (χ0) is 20.2. The SMILES string of the molecule is CCCCCCCCCCCCCCCCCCC(CCCO)S(=O)(=O)[O-].[Na+]. The molecule has 0 aliphatic carbocycles. The Kier molecular flexibility index (Phi) is 25.0. The topological polar surface area (TPSA) is 77.4 Å². The molecule has 1 atom stereocenters. The molecule has 28 heavy (non-hydrogen) atoms. The summed E-state index contributed by atoms with van der Waals surface area (Å²) in [6.07, 6.45) is 21.7. The Hall–Kier alpha value is 0.870. The fourth-order valence-electron chi connectivity index (χ4n) is 3.67. The first-order chi connectivity index (χ1) is 13.0. The van der Waals surface area contributed by atoms with Crippen molar-refractivity contribution >= 4 is 10.1 Å². The van der Waals surface area contributed by atoms with E-state index in [4.69, 9.17) is 5.11 Å². The molecule has 1 N–H and O–H groups in total. The van der Waals surface area contributed by atoms with Crippen molar-refractivity contribution in [2.45, 2.75) is 134 Å². The summed E-state index contributed by atoms with van der Waals surface area (Å²) in [5.74, 6) is 0. The number of hydrogen-bond donors (Lipinski definition) is 1. The minimum absolute atomic E-state index is 0. The first-order valence-electron chi connectivity index (χ1n) is 11.6. The number of unbranched alkanes of at least 4 members (excludes halogenated alkanes) is 15. The van der Waals surface area contributed by atoms with Gasteiger partial charge in [0.05, 0.1) is 10.1 Å². The van der Waals surface area contributed by atoms with E-state index in [-0.39, 0.29) is 36.2 Å². The average molecular weight is 429 g/mol. The molecule has 0 amide bonds. The summed E-state index contributed by atoms with van der Waals surface area (Å²) in [5, 5.41) is 7.99. The van der Waals surface area contributed by atoms with Crippen LogP contribution in [0.5, 0.6) is 0 Å². The van der Waals surface area contributed by atoms with Gasteiger partial charge in [-0.25, -0.2) is 8.42 Å². The van der Waals surface area contributed by atoms with Gasteiger partial charge in [-0.05, 0) is 19.3 Å². The maximum absolute atomic E-state index is 11.2. The predicted octanol–water partition coefficient (Wildman–Crippen LogP) is 3.33. The van der Waals surface area contributed by atoms with E-state index in [0.717, 1.165) is 19.3 Å². The van der Waals surface area contributed by atoms with Crippen LogP contribution >= 0.6 is 0 Å². The molecule has 0 saturated heterocycles.